The molecule has 1 heterocycles. The molecule has 1 atom stereocenters. The van der Waals surface area contributed by atoms with Crippen molar-refractivity contribution >= 4 is 34.9 Å². The first-order valence-electron chi connectivity index (χ1n) is 6.84. The summed E-state index contributed by atoms with van der Waals surface area (Å²) in [6.45, 7) is 4.95. The van der Waals surface area contributed by atoms with Gasteiger partial charge in [-0.3, -0.25) is 4.90 Å². The summed E-state index contributed by atoms with van der Waals surface area (Å²) in [5, 5.41) is 6.61. The van der Waals surface area contributed by atoms with E-state index in [2.05, 4.69) is 22.5 Å². The second kappa shape index (κ2) is 7.16. The van der Waals surface area contributed by atoms with Crippen LogP contribution in [0.25, 0.3) is 0 Å². The molecule has 6 heteroatoms. The van der Waals surface area contributed by atoms with Gasteiger partial charge in [-0.25, -0.2) is 4.79 Å². The van der Waals surface area contributed by atoms with Crippen LogP contribution in [0.2, 0.25) is 10.0 Å². The molecule has 110 valence electrons. The first kappa shape index (κ1) is 15.4. The number of likely N-dealkylation sites (N-methyl/N-ethyl adjacent to an activating group) is 1. The Morgan fingerprint density at radius 1 is 1.45 bits per heavy atom. The molecule has 2 N–H and O–H groups in total. The van der Waals surface area contributed by atoms with Crippen LogP contribution in [-0.4, -0.2) is 36.6 Å². The third-order valence-electron chi connectivity index (χ3n) is 3.58. The number of anilines is 1. The zero-order valence-electron chi connectivity index (χ0n) is 11.5. The van der Waals surface area contributed by atoms with Crippen LogP contribution in [0.15, 0.2) is 18.2 Å². The molecule has 0 aliphatic carbocycles. The molecule has 1 unspecified atom stereocenters. The van der Waals surface area contributed by atoms with Crippen LogP contribution < -0.4 is 10.6 Å². The average Bonchev–Trinajstić information content (AvgIpc) is 2.87. The van der Waals surface area contributed by atoms with Gasteiger partial charge in [-0.1, -0.05) is 30.1 Å². The van der Waals surface area contributed by atoms with Gasteiger partial charge in [0.2, 0.25) is 0 Å². The molecule has 1 aromatic carbocycles. The molecule has 0 bridgehead atoms. The topological polar surface area (TPSA) is 44.4 Å². The molecule has 0 aromatic heterocycles. The first-order valence-corrected chi connectivity index (χ1v) is 7.59. The highest BCUT2D eigenvalue weighted by atomic mass is 35.5. The van der Waals surface area contributed by atoms with Gasteiger partial charge in [0, 0.05) is 17.6 Å². The van der Waals surface area contributed by atoms with Crippen molar-refractivity contribution in [3.8, 4) is 0 Å². The van der Waals surface area contributed by atoms with Gasteiger partial charge in [-0.05, 0) is 44.1 Å². The van der Waals surface area contributed by atoms with Crippen molar-refractivity contribution in [2.45, 2.75) is 25.8 Å². The highest BCUT2D eigenvalue weighted by Crippen LogP contribution is 2.25. The van der Waals surface area contributed by atoms with Crippen LogP contribution in [0.4, 0.5) is 10.5 Å². The van der Waals surface area contributed by atoms with E-state index < -0.39 is 0 Å². The van der Waals surface area contributed by atoms with Crippen molar-refractivity contribution in [1.29, 1.82) is 0 Å². The molecule has 0 spiro atoms. The van der Waals surface area contributed by atoms with Gasteiger partial charge in [0.1, 0.15) is 0 Å². The Hall–Kier alpha value is -0.970. The van der Waals surface area contributed by atoms with Crippen LogP contribution in [0.1, 0.15) is 19.8 Å². The van der Waals surface area contributed by atoms with Crippen molar-refractivity contribution in [3.05, 3.63) is 28.2 Å². The van der Waals surface area contributed by atoms with E-state index in [0.29, 0.717) is 28.3 Å². The van der Waals surface area contributed by atoms with Crippen LogP contribution in [0.3, 0.4) is 0 Å². The predicted octanol–water partition coefficient (Wildman–Crippen LogP) is 3.60. The molecule has 1 saturated heterocycles. The predicted molar refractivity (Wildman–Crippen MR) is 83.8 cm³/mol. The lowest BCUT2D eigenvalue weighted by Crippen LogP contribution is -2.41. The van der Waals surface area contributed by atoms with E-state index in [-0.39, 0.29) is 6.03 Å². The quantitative estimate of drug-likeness (QED) is 0.891. The van der Waals surface area contributed by atoms with Crippen molar-refractivity contribution in [1.82, 2.24) is 10.2 Å². The van der Waals surface area contributed by atoms with Crippen molar-refractivity contribution in [2.24, 2.45) is 0 Å². The maximum absolute atomic E-state index is 11.9. The molecule has 1 aliphatic heterocycles. The van der Waals surface area contributed by atoms with Crippen molar-refractivity contribution in [2.75, 3.05) is 25.0 Å². The number of benzene rings is 1. The Bertz CT molecular complexity index is 481. The fourth-order valence-corrected chi connectivity index (χ4v) is 2.97. The van der Waals surface area contributed by atoms with E-state index in [4.69, 9.17) is 23.2 Å². The van der Waals surface area contributed by atoms with E-state index in [1.54, 1.807) is 18.2 Å². The van der Waals surface area contributed by atoms with Crippen molar-refractivity contribution in [3.63, 3.8) is 0 Å². The number of halogens is 2. The Morgan fingerprint density at radius 3 is 2.95 bits per heavy atom. The van der Waals surface area contributed by atoms with Gasteiger partial charge in [0.05, 0.1) is 10.7 Å². The summed E-state index contributed by atoms with van der Waals surface area (Å²) in [4.78, 5) is 14.3. The number of urea groups is 1. The normalized spacial score (nSPS) is 19.1. The lowest BCUT2D eigenvalue weighted by molar-refractivity contribution is 0.238. The Kier molecular flexibility index (Phi) is 5.52. The minimum absolute atomic E-state index is 0.239. The minimum Gasteiger partial charge on any atom is -0.336 e. The Morgan fingerprint density at radius 2 is 2.25 bits per heavy atom. The van der Waals surface area contributed by atoms with Gasteiger partial charge in [-0.15, -0.1) is 0 Å². The molecular weight excluding hydrogens is 297 g/mol. The smallest absolute Gasteiger partial charge is 0.319 e. The van der Waals surface area contributed by atoms with Gasteiger partial charge >= 0.3 is 6.03 Å². The molecule has 2 rings (SSSR count). The van der Waals surface area contributed by atoms with E-state index in [0.717, 1.165) is 19.5 Å². The van der Waals surface area contributed by atoms with E-state index in [9.17, 15) is 4.79 Å². The molecule has 20 heavy (non-hydrogen) atoms. The lowest BCUT2D eigenvalue weighted by atomic mass is 10.2. The van der Waals surface area contributed by atoms with Gasteiger partial charge in [-0.2, -0.15) is 0 Å². The fraction of sp³-hybridized carbons (Fsp3) is 0.500. The summed E-state index contributed by atoms with van der Waals surface area (Å²) < 4.78 is 0. The summed E-state index contributed by atoms with van der Waals surface area (Å²) in [6.07, 6.45) is 2.33. The van der Waals surface area contributed by atoms with E-state index in [1.807, 2.05) is 0 Å². The zero-order chi connectivity index (χ0) is 14.5. The van der Waals surface area contributed by atoms with Gasteiger partial charge in [0.25, 0.3) is 0 Å². The Labute approximate surface area is 129 Å². The molecule has 0 saturated carbocycles. The number of carbonyl (C=O) groups is 1. The molecule has 4 nitrogen and oxygen atoms in total. The number of nitrogens with one attached hydrogen (secondary N) is 2. The molecule has 1 aromatic rings. The maximum Gasteiger partial charge on any atom is 0.319 e. The van der Waals surface area contributed by atoms with Crippen LogP contribution >= 0.6 is 23.2 Å². The SMILES string of the molecule is CCN1CCCC1CNC(=O)Nc1ccc(Cl)cc1Cl. The maximum atomic E-state index is 11.9. The molecule has 2 amide bonds. The Balaban J connectivity index is 1.83. The molecular formula is C14H19Cl2N3O. The van der Waals surface area contributed by atoms with Crippen molar-refractivity contribution < 1.29 is 4.79 Å². The standard InChI is InChI=1S/C14H19Cl2N3O/c1-2-19-7-3-4-11(19)9-17-14(20)18-13-6-5-10(15)8-12(13)16/h5-6,8,11H,2-4,7,9H2,1H3,(H2,17,18,20). The number of nitrogens with zero attached hydrogens (tertiary/aromatic N) is 1. The summed E-state index contributed by atoms with van der Waals surface area (Å²) in [5.74, 6) is 0. The number of hydrogen-bond donors (Lipinski definition) is 2. The highest BCUT2D eigenvalue weighted by molar-refractivity contribution is 6.36. The zero-order valence-corrected chi connectivity index (χ0v) is 13.0. The van der Waals surface area contributed by atoms with E-state index in [1.165, 1.54) is 6.42 Å². The second-order valence-electron chi connectivity index (χ2n) is 4.88. The highest BCUT2D eigenvalue weighted by Gasteiger charge is 2.23. The number of amides is 2. The molecule has 1 fully saturated rings. The van der Waals surface area contributed by atoms with Gasteiger partial charge in [0.15, 0.2) is 0 Å². The third-order valence-corrected chi connectivity index (χ3v) is 4.13. The number of carbonyl (C=O) groups excluding carboxylic acids is 1. The van der Waals surface area contributed by atoms with Crippen LogP contribution in [0.5, 0.6) is 0 Å². The summed E-state index contributed by atoms with van der Waals surface area (Å²) in [5.41, 5.74) is 0.562. The summed E-state index contributed by atoms with van der Waals surface area (Å²) in [7, 11) is 0. The van der Waals surface area contributed by atoms with Gasteiger partial charge < -0.3 is 10.6 Å². The lowest BCUT2D eigenvalue weighted by Gasteiger charge is -2.23. The van der Waals surface area contributed by atoms with E-state index >= 15 is 0 Å². The summed E-state index contributed by atoms with van der Waals surface area (Å²) in [6, 6.07) is 5.19. The second-order valence-corrected chi connectivity index (χ2v) is 5.73. The average molecular weight is 316 g/mol. The monoisotopic (exact) mass is 315 g/mol. The number of hydrogen-bond acceptors (Lipinski definition) is 2. The first-order chi connectivity index (χ1) is 9.60. The number of likely N-dealkylation sites (tertiary alicyclic amines) is 1. The molecule has 0 radical (unpaired) electrons. The van der Waals surface area contributed by atoms with Crippen LogP contribution in [0, 0.1) is 0 Å². The van der Waals surface area contributed by atoms with Crippen LogP contribution in [-0.2, 0) is 0 Å². The largest absolute Gasteiger partial charge is 0.336 e. The summed E-state index contributed by atoms with van der Waals surface area (Å²) >= 11 is 11.8. The number of rotatable bonds is 4. The minimum atomic E-state index is -0.239. The fourth-order valence-electron chi connectivity index (χ4n) is 2.51. The molecule has 1 aliphatic rings. The third kappa shape index (κ3) is 4.01.